The molecule has 1 saturated carbocycles. The van der Waals surface area contributed by atoms with Crippen molar-refractivity contribution in [2.45, 2.75) is 99.8 Å². The third kappa shape index (κ3) is 26.2. The Labute approximate surface area is 753 Å². The van der Waals surface area contributed by atoms with Crippen LogP contribution in [0.2, 0.25) is 10.0 Å². The summed E-state index contributed by atoms with van der Waals surface area (Å²) in [5, 5.41) is 25.4. The Kier molecular flexibility index (Phi) is 31.6. The quantitative estimate of drug-likeness (QED) is 0.0238. The number of hydrogen-bond donors (Lipinski definition) is 10. The van der Waals surface area contributed by atoms with Gasteiger partial charge < -0.3 is 59.8 Å². The number of hydrogen-bond acceptors (Lipinski definition) is 24. The van der Waals surface area contributed by atoms with Crippen molar-refractivity contribution in [2.24, 2.45) is 5.92 Å². The first kappa shape index (κ1) is 90.9. The van der Waals surface area contributed by atoms with E-state index >= 15 is 0 Å². The van der Waals surface area contributed by atoms with E-state index in [4.69, 9.17) is 56.6 Å². The molecule has 2 unspecified atom stereocenters. The highest BCUT2D eigenvalue weighted by Crippen LogP contribution is 2.49. The fourth-order valence-electron chi connectivity index (χ4n) is 15.1. The number of ether oxygens (including phenoxy) is 1. The van der Waals surface area contributed by atoms with Crippen LogP contribution >= 0.6 is 23.2 Å². The number of phenols is 1. The Morgan fingerprint density at radius 2 is 0.811 bits per heavy atom. The van der Waals surface area contributed by atoms with Gasteiger partial charge in [0.15, 0.2) is 0 Å². The number of anilines is 9. The van der Waals surface area contributed by atoms with Crippen LogP contribution in [0.4, 0.5) is 53.0 Å². The molecule has 26 heteroatoms. The molecule has 8 aromatic carbocycles. The van der Waals surface area contributed by atoms with Gasteiger partial charge in [0.25, 0.3) is 0 Å². The number of morpholine rings is 1. The first-order valence-electron chi connectivity index (χ1n) is 42.7. The van der Waals surface area contributed by atoms with E-state index in [-0.39, 0.29) is 23.6 Å². The molecule has 7 aromatic heterocycles. The molecule has 2 fully saturated rings. The Morgan fingerprint density at radius 3 is 1.29 bits per heavy atom. The van der Waals surface area contributed by atoms with E-state index in [1.165, 1.54) is 67.6 Å². The number of fused-ring (bicyclic) bond motifs is 1. The molecular formula is C101H110Cl2N22O2. The smallest absolute Gasteiger partial charge is 0.222 e. The van der Waals surface area contributed by atoms with Gasteiger partial charge in [-0.1, -0.05) is 157 Å². The molecule has 0 radical (unpaired) electrons. The summed E-state index contributed by atoms with van der Waals surface area (Å²) in [6.45, 7) is 24.6. The summed E-state index contributed by atoms with van der Waals surface area (Å²) in [5.41, 5.74) is 55.8. The van der Waals surface area contributed by atoms with Crippen LogP contribution in [0.3, 0.4) is 0 Å². The summed E-state index contributed by atoms with van der Waals surface area (Å²) in [4.78, 5) is 54.7. The van der Waals surface area contributed by atoms with Gasteiger partial charge in [-0.2, -0.15) is 19.9 Å². The first-order chi connectivity index (χ1) is 61.5. The van der Waals surface area contributed by atoms with E-state index in [2.05, 4.69) is 214 Å². The van der Waals surface area contributed by atoms with Crippen LogP contribution < -0.4 is 49.9 Å². The zero-order valence-electron chi connectivity index (χ0n) is 73.1. The van der Waals surface area contributed by atoms with Crippen molar-refractivity contribution in [3.63, 3.8) is 0 Å². The van der Waals surface area contributed by atoms with E-state index in [1.54, 1.807) is 24.5 Å². The molecule has 0 spiro atoms. The zero-order chi connectivity index (χ0) is 89.3. The molecule has 15 N–H and O–H groups in total. The standard InChI is InChI=1S/C22H22ClN3.C21H18ClN5.C20H22N4O.C19H27N5O.C19H21N5/c1-13-4-3-5-19(14(13)2)21-12-18(25-22(24)26-21)10-16-11-20(16)15-6-8-17(23)9-7-15;22-15-8-6-14(7-9-15)10-12-25-20-13-19(26-21(23)27-20)17-3-1-5-18-16(17)4-2-11-24-18;1-13-5-3-8-17(14(13)2)18-12-19(24-20(21)23-18)22-10-9-15-6-4-7-16(25)11-15;1-14-5-3-6-16(15(14)2)17-13-18(23-19(20)22-17)21-7-4-8-24-9-11-25-12-10-24;1-13-5-3-7-16(14(13)2)17-11-18(24-19(20)23-17)22-10-8-15-6-4-9-21-12-15/h3-9,12,16,20H,10-11H2,1-2H3,(H2,24,25,26);1-9,11,13H,10,12H2,(H3,23,25,26,27);3-8,11-12,25H,9-10H2,1-2H3,(H3,21,22,23,24);3,5-6,13H,4,7-12H2,1-2H3,(H3,20,21,22,23);3-7,9,11-12H,8,10H2,1-2H3,(H3,20,22,23,24). The fraction of sp³-hybridized carbons (Fsp3) is 0.248. The second kappa shape index (κ2) is 44.2. The lowest BCUT2D eigenvalue weighted by Crippen LogP contribution is -2.37. The Morgan fingerprint density at radius 1 is 0.402 bits per heavy atom. The monoisotopic (exact) mass is 1730 g/mol. The molecule has 24 nitrogen and oxygen atoms in total. The van der Waals surface area contributed by atoms with Crippen LogP contribution in [-0.2, 0) is 30.4 Å². The van der Waals surface area contributed by atoms with Crippen molar-refractivity contribution < 1.29 is 9.84 Å². The summed E-state index contributed by atoms with van der Waals surface area (Å²) in [7, 11) is 0. The van der Waals surface area contributed by atoms with Crippen molar-refractivity contribution >= 4 is 87.1 Å². The average Bonchev–Trinajstić information content (AvgIpc) is 1.76. The van der Waals surface area contributed by atoms with Gasteiger partial charge in [0.2, 0.25) is 29.7 Å². The average molecular weight is 1740 g/mol. The number of aromatic nitrogens is 12. The highest BCUT2D eigenvalue weighted by molar-refractivity contribution is 6.30. The second-order valence-corrected chi connectivity index (χ2v) is 32.6. The van der Waals surface area contributed by atoms with Gasteiger partial charge in [-0.25, -0.2) is 29.9 Å². The number of nitrogen functional groups attached to an aromatic ring is 5. The first-order valence-corrected chi connectivity index (χ1v) is 43.5. The van der Waals surface area contributed by atoms with Crippen LogP contribution in [0, 0.1) is 61.3 Å². The van der Waals surface area contributed by atoms with E-state index in [0.29, 0.717) is 41.9 Å². The third-order valence-corrected chi connectivity index (χ3v) is 23.2. The Balaban J connectivity index is 0.000000136. The zero-order valence-corrected chi connectivity index (χ0v) is 74.6. The van der Waals surface area contributed by atoms with Crippen LogP contribution in [0.5, 0.6) is 5.75 Å². The topological polar surface area (TPSA) is 366 Å². The summed E-state index contributed by atoms with van der Waals surface area (Å²) in [6, 6.07) is 71.9. The molecule has 1 aliphatic heterocycles. The van der Waals surface area contributed by atoms with Gasteiger partial charge >= 0.3 is 0 Å². The minimum Gasteiger partial charge on any atom is -0.508 e. The molecule has 2 atom stereocenters. The summed E-state index contributed by atoms with van der Waals surface area (Å²) in [6.07, 6.45) is 11.1. The maximum Gasteiger partial charge on any atom is 0.222 e. The number of aromatic hydroxyl groups is 1. The lowest BCUT2D eigenvalue weighted by molar-refractivity contribution is 0.0378. The van der Waals surface area contributed by atoms with Crippen LogP contribution in [0.25, 0.3) is 67.2 Å². The maximum absolute atomic E-state index is 9.52. The van der Waals surface area contributed by atoms with Crippen molar-refractivity contribution in [3.05, 3.63) is 319 Å². The van der Waals surface area contributed by atoms with Crippen LogP contribution in [0.1, 0.15) is 91.2 Å². The van der Waals surface area contributed by atoms with E-state index < -0.39 is 0 Å². The lowest BCUT2D eigenvalue weighted by atomic mass is 10.00. The number of rotatable bonds is 25. The Bertz CT molecular complexity index is 6200. The highest BCUT2D eigenvalue weighted by Gasteiger charge is 2.38. The van der Waals surface area contributed by atoms with Gasteiger partial charge in [0.05, 0.1) is 47.2 Å². The highest BCUT2D eigenvalue weighted by atomic mass is 35.5. The van der Waals surface area contributed by atoms with Gasteiger partial charge in [-0.05, 0) is 240 Å². The van der Waals surface area contributed by atoms with E-state index in [9.17, 15) is 5.11 Å². The summed E-state index contributed by atoms with van der Waals surface area (Å²) < 4.78 is 5.37. The van der Waals surface area contributed by atoms with Crippen LogP contribution in [0.15, 0.2) is 237 Å². The van der Waals surface area contributed by atoms with Crippen molar-refractivity contribution in [3.8, 4) is 62.0 Å². The minimum absolute atomic E-state index is 0.238. The largest absolute Gasteiger partial charge is 0.508 e. The number of nitrogens with zero attached hydrogens (tertiary/aromatic N) is 13. The molecule has 15 aromatic rings. The predicted octanol–water partition coefficient (Wildman–Crippen LogP) is 19.5. The van der Waals surface area contributed by atoms with Crippen molar-refractivity contribution in [1.29, 1.82) is 0 Å². The number of nitrogens with two attached hydrogens (primary N) is 5. The number of halogens is 2. The van der Waals surface area contributed by atoms with Gasteiger partial charge in [-0.3, -0.25) is 14.9 Å². The second-order valence-electron chi connectivity index (χ2n) is 31.7. The molecule has 650 valence electrons. The van der Waals surface area contributed by atoms with Gasteiger partial charge in [0.1, 0.15) is 29.0 Å². The number of pyridine rings is 2. The molecule has 17 rings (SSSR count). The third-order valence-electron chi connectivity index (χ3n) is 22.7. The lowest BCUT2D eigenvalue weighted by Gasteiger charge is -2.26. The fourth-order valence-corrected chi connectivity index (χ4v) is 15.3. The molecule has 127 heavy (non-hydrogen) atoms. The number of phenolic OH excluding ortho intramolecular Hbond substituents is 1. The summed E-state index contributed by atoms with van der Waals surface area (Å²) in [5.74, 6) is 5.81. The summed E-state index contributed by atoms with van der Waals surface area (Å²) >= 11 is 11.9. The molecule has 2 aliphatic rings. The molecular weight excluding hydrogens is 1620 g/mol. The number of nitrogens with one attached hydrogen (secondary N) is 4. The normalized spacial score (nSPS) is 13.2. The van der Waals surface area contributed by atoms with Gasteiger partial charge in [-0.15, -0.1) is 0 Å². The van der Waals surface area contributed by atoms with E-state index in [0.717, 1.165) is 185 Å². The molecule has 0 bridgehead atoms. The van der Waals surface area contributed by atoms with E-state index in [1.807, 2.05) is 140 Å². The molecule has 0 amide bonds. The van der Waals surface area contributed by atoms with Crippen LogP contribution in [-0.4, -0.2) is 129 Å². The Hall–Kier alpha value is -13.8. The predicted molar refractivity (Wildman–Crippen MR) is 519 cm³/mol. The van der Waals surface area contributed by atoms with Crippen molar-refractivity contribution in [1.82, 2.24) is 64.7 Å². The van der Waals surface area contributed by atoms with Gasteiger partial charge in [0, 0.05) is 131 Å². The molecule has 8 heterocycles. The molecule has 1 aliphatic carbocycles. The van der Waals surface area contributed by atoms with Crippen molar-refractivity contribution in [2.75, 3.05) is 109 Å². The number of aryl methyl sites for hydroxylation is 4. The maximum atomic E-state index is 9.52. The molecule has 1 saturated heterocycles. The SMILES string of the molecule is Cc1cccc(-c2cc(CC3CC3c3ccc(Cl)cc3)nc(N)n2)c1C.Cc1cccc(-c2cc(NCCCN3CCOCC3)nc(N)n2)c1C.Cc1cccc(-c2cc(NCCc3cccc(O)c3)nc(N)n2)c1C.Cc1cccc(-c2cc(NCCc3cccnc3)nc(N)n2)c1C.Nc1nc(NCCc2ccc(Cl)cc2)cc(-c2cccc3ncccc23)n1. The number of benzene rings is 8. The minimum atomic E-state index is 0.238.